The summed E-state index contributed by atoms with van der Waals surface area (Å²) in [5, 5.41) is 3.28. The van der Waals surface area contributed by atoms with Crippen LogP contribution in [-0.2, 0) is 0 Å². The van der Waals surface area contributed by atoms with Gasteiger partial charge in [-0.15, -0.1) is 0 Å². The summed E-state index contributed by atoms with van der Waals surface area (Å²) in [6, 6.07) is 7.72. The zero-order valence-electron chi connectivity index (χ0n) is 15.0. The fraction of sp³-hybridized carbons (Fsp3) is 0.200. The molecular weight excluding hydrogens is 342 g/mol. The topological polar surface area (TPSA) is 82.1 Å². The van der Waals surface area contributed by atoms with Crippen molar-refractivity contribution >= 4 is 11.4 Å². The molecule has 0 bridgehead atoms. The molecule has 0 aromatic carbocycles. The largest absolute Gasteiger partial charge is 0.484 e. The van der Waals surface area contributed by atoms with Crippen molar-refractivity contribution in [1.29, 1.82) is 0 Å². The van der Waals surface area contributed by atoms with Gasteiger partial charge < -0.3 is 14.8 Å². The summed E-state index contributed by atoms with van der Waals surface area (Å²) in [4.78, 5) is 17.1. The van der Waals surface area contributed by atoms with Gasteiger partial charge in [-0.05, 0) is 30.7 Å². The number of nitrogens with zero attached hydrogens (tertiary/aromatic N) is 4. The van der Waals surface area contributed by atoms with Crippen LogP contribution in [0.25, 0.3) is 16.8 Å². The van der Waals surface area contributed by atoms with E-state index >= 15 is 0 Å². The van der Waals surface area contributed by atoms with E-state index in [9.17, 15) is 0 Å². The molecule has 27 heavy (non-hydrogen) atoms. The summed E-state index contributed by atoms with van der Waals surface area (Å²) in [6.07, 6.45) is 5.04. The lowest BCUT2D eigenvalue weighted by Gasteiger charge is -2.20. The van der Waals surface area contributed by atoms with Gasteiger partial charge in [0.15, 0.2) is 5.75 Å². The van der Waals surface area contributed by atoms with Crippen molar-refractivity contribution < 1.29 is 9.47 Å². The number of pyridine rings is 2. The molecule has 0 unspecified atom stereocenters. The van der Waals surface area contributed by atoms with Gasteiger partial charge in [-0.3, -0.25) is 4.98 Å². The van der Waals surface area contributed by atoms with Crippen molar-refractivity contribution in [2.24, 2.45) is 0 Å². The first-order chi connectivity index (χ1) is 13.2. The van der Waals surface area contributed by atoms with Crippen LogP contribution in [0.5, 0.6) is 11.6 Å². The lowest BCUT2D eigenvalue weighted by Crippen LogP contribution is -2.18. The average Bonchev–Trinajstić information content (AvgIpc) is 2.72. The van der Waals surface area contributed by atoms with E-state index in [1.807, 2.05) is 31.2 Å². The lowest BCUT2D eigenvalue weighted by atomic mass is 10.1. The van der Waals surface area contributed by atoms with Gasteiger partial charge in [0.2, 0.25) is 0 Å². The third-order valence-electron chi connectivity index (χ3n) is 4.18. The van der Waals surface area contributed by atoms with Crippen molar-refractivity contribution in [2.45, 2.75) is 6.92 Å². The van der Waals surface area contributed by atoms with Crippen molar-refractivity contribution in [3.63, 3.8) is 0 Å². The van der Waals surface area contributed by atoms with E-state index in [-0.39, 0.29) is 0 Å². The fourth-order valence-electron chi connectivity index (χ4n) is 2.76. The Bertz CT molecular complexity index is 972. The molecule has 0 saturated carbocycles. The van der Waals surface area contributed by atoms with Crippen molar-refractivity contribution in [3.05, 3.63) is 60.8 Å². The van der Waals surface area contributed by atoms with E-state index < -0.39 is 0 Å². The second kappa shape index (κ2) is 7.41. The minimum atomic E-state index is 0.502. The van der Waals surface area contributed by atoms with Crippen LogP contribution in [0.4, 0.5) is 5.82 Å². The first kappa shape index (κ1) is 17.0. The Morgan fingerprint density at radius 2 is 2.00 bits per heavy atom. The van der Waals surface area contributed by atoms with Crippen molar-refractivity contribution in [3.8, 4) is 22.9 Å². The molecule has 0 fully saturated rings. The molecule has 3 aromatic rings. The summed E-state index contributed by atoms with van der Waals surface area (Å²) < 4.78 is 11.2. The molecule has 4 heterocycles. The maximum absolute atomic E-state index is 5.71. The SMILES string of the molecule is C=C(CNc1cc(-c2ccc(C)nc2)ncn1)c1ccnc2c1OCCO2. The van der Waals surface area contributed by atoms with Crippen LogP contribution in [0.15, 0.2) is 49.6 Å². The van der Waals surface area contributed by atoms with Crippen LogP contribution in [0.1, 0.15) is 11.3 Å². The van der Waals surface area contributed by atoms with E-state index in [0.29, 0.717) is 37.2 Å². The Morgan fingerprint density at radius 3 is 2.85 bits per heavy atom. The van der Waals surface area contributed by atoms with E-state index in [2.05, 4.69) is 31.8 Å². The number of aryl methyl sites for hydroxylation is 1. The van der Waals surface area contributed by atoms with Gasteiger partial charge >= 0.3 is 0 Å². The Hall–Kier alpha value is -3.48. The number of fused-ring (bicyclic) bond motifs is 1. The molecule has 1 aliphatic heterocycles. The summed E-state index contributed by atoms with van der Waals surface area (Å²) in [5.74, 6) is 1.86. The molecule has 1 N–H and O–H groups in total. The van der Waals surface area contributed by atoms with Gasteiger partial charge in [-0.25, -0.2) is 15.0 Å². The van der Waals surface area contributed by atoms with Crippen molar-refractivity contribution in [2.75, 3.05) is 25.1 Å². The van der Waals surface area contributed by atoms with Crippen LogP contribution in [0.2, 0.25) is 0 Å². The van der Waals surface area contributed by atoms with Crippen LogP contribution in [0, 0.1) is 6.92 Å². The van der Waals surface area contributed by atoms with Gasteiger partial charge in [0.25, 0.3) is 5.88 Å². The third-order valence-corrected chi connectivity index (χ3v) is 4.18. The molecular formula is C20H19N5O2. The standard InChI is InChI=1S/C20H19N5O2/c1-13(16-5-6-21-20-19(16)26-7-8-27-20)10-23-18-9-17(24-12-25-18)15-4-3-14(2)22-11-15/h3-6,9,11-12H,1,7-8,10H2,2H3,(H,23,24,25). The quantitative estimate of drug-likeness (QED) is 0.747. The zero-order valence-corrected chi connectivity index (χ0v) is 15.0. The number of aromatic nitrogens is 4. The summed E-state index contributed by atoms with van der Waals surface area (Å²) in [6.45, 7) is 7.63. The number of anilines is 1. The van der Waals surface area contributed by atoms with Gasteiger partial charge in [-0.1, -0.05) is 6.58 Å². The predicted molar refractivity (Wildman–Crippen MR) is 103 cm³/mol. The molecule has 3 aromatic heterocycles. The molecule has 136 valence electrons. The van der Waals surface area contributed by atoms with E-state index in [4.69, 9.17) is 9.47 Å². The van der Waals surface area contributed by atoms with Gasteiger partial charge in [0.05, 0.1) is 5.69 Å². The highest BCUT2D eigenvalue weighted by Crippen LogP contribution is 2.35. The molecule has 0 radical (unpaired) electrons. The normalized spacial score (nSPS) is 12.5. The Labute approximate surface area is 157 Å². The second-order valence-electron chi connectivity index (χ2n) is 6.12. The predicted octanol–water partition coefficient (Wildman–Crippen LogP) is 3.14. The monoisotopic (exact) mass is 361 g/mol. The molecule has 0 atom stereocenters. The first-order valence-corrected chi connectivity index (χ1v) is 8.62. The summed E-state index contributed by atoms with van der Waals surface area (Å²) in [5.41, 5.74) is 4.46. The first-order valence-electron chi connectivity index (χ1n) is 8.62. The average molecular weight is 361 g/mol. The molecule has 1 aliphatic rings. The molecule has 4 rings (SSSR count). The van der Waals surface area contributed by atoms with Crippen LogP contribution in [-0.4, -0.2) is 39.7 Å². The summed E-state index contributed by atoms with van der Waals surface area (Å²) >= 11 is 0. The highest BCUT2D eigenvalue weighted by molar-refractivity contribution is 5.73. The minimum Gasteiger partial charge on any atom is -0.484 e. The van der Waals surface area contributed by atoms with Crippen LogP contribution >= 0.6 is 0 Å². The highest BCUT2D eigenvalue weighted by Gasteiger charge is 2.18. The Morgan fingerprint density at radius 1 is 1.11 bits per heavy atom. The van der Waals surface area contributed by atoms with Gasteiger partial charge in [0, 0.05) is 41.8 Å². The third kappa shape index (κ3) is 3.72. The van der Waals surface area contributed by atoms with Gasteiger partial charge in [-0.2, -0.15) is 0 Å². The van der Waals surface area contributed by atoms with Crippen molar-refractivity contribution in [1.82, 2.24) is 19.9 Å². The smallest absolute Gasteiger partial charge is 0.257 e. The van der Waals surface area contributed by atoms with E-state index in [1.54, 1.807) is 12.4 Å². The number of nitrogens with one attached hydrogen (secondary N) is 1. The Kier molecular flexibility index (Phi) is 4.65. The molecule has 0 amide bonds. The number of hydrogen-bond acceptors (Lipinski definition) is 7. The molecule has 7 heteroatoms. The van der Waals surface area contributed by atoms with Crippen LogP contribution < -0.4 is 14.8 Å². The maximum atomic E-state index is 5.71. The highest BCUT2D eigenvalue weighted by atomic mass is 16.6. The number of ether oxygens (including phenoxy) is 2. The molecule has 0 saturated heterocycles. The minimum absolute atomic E-state index is 0.502. The second-order valence-corrected chi connectivity index (χ2v) is 6.12. The molecule has 0 aliphatic carbocycles. The van der Waals surface area contributed by atoms with E-state index in [0.717, 1.165) is 28.1 Å². The van der Waals surface area contributed by atoms with Crippen LogP contribution in [0.3, 0.4) is 0 Å². The lowest BCUT2D eigenvalue weighted by molar-refractivity contribution is 0.164. The zero-order chi connectivity index (χ0) is 18.6. The summed E-state index contributed by atoms with van der Waals surface area (Å²) in [7, 11) is 0. The number of rotatable bonds is 5. The molecule has 7 nitrogen and oxygen atoms in total. The fourth-order valence-corrected chi connectivity index (χ4v) is 2.76. The molecule has 0 spiro atoms. The van der Waals surface area contributed by atoms with E-state index in [1.165, 1.54) is 6.33 Å². The number of hydrogen-bond donors (Lipinski definition) is 1. The van der Waals surface area contributed by atoms with Gasteiger partial charge in [0.1, 0.15) is 25.4 Å². The Balaban J connectivity index is 1.48. The maximum Gasteiger partial charge on any atom is 0.257 e.